The Morgan fingerprint density at radius 2 is 2.21 bits per heavy atom. The average Bonchev–Trinajstić information content (AvgIpc) is 2.37. The first kappa shape index (κ1) is 15.8. The molecule has 19 heavy (non-hydrogen) atoms. The van der Waals surface area contributed by atoms with Crippen LogP contribution in [0.25, 0.3) is 0 Å². The third-order valence-electron chi connectivity index (χ3n) is 3.45. The van der Waals surface area contributed by atoms with Crippen LogP contribution in [-0.4, -0.2) is 36.1 Å². The minimum Gasteiger partial charge on any atom is -0.508 e. The molecule has 0 saturated carbocycles. The van der Waals surface area contributed by atoms with Gasteiger partial charge in [0.05, 0.1) is 0 Å². The molecule has 0 aliphatic carbocycles. The van der Waals surface area contributed by atoms with Crippen LogP contribution in [-0.2, 0) is 17.8 Å². The van der Waals surface area contributed by atoms with Gasteiger partial charge in [0.2, 0.25) is 5.91 Å². The Morgan fingerprint density at radius 1 is 1.47 bits per heavy atom. The van der Waals surface area contributed by atoms with E-state index in [1.807, 2.05) is 24.9 Å². The standard InChI is InChI=1S/C14H20N2O2.ClH/c1-10(8-15-2)14(18)16-6-5-11-3-4-13(17)7-12(11)9-16;/h3-4,7,10,15,17H,5-6,8-9H2,1-2H3;1H. The van der Waals surface area contributed by atoms with Crippen LogP contribution in [0.2, 0.25) is 0 Å². The van der Waals surface area contributed by atoms with Crippen molar-refractivity contribution < 1.29 is 9.90 Å². The summed E-state index contributed by atoms with van der Waals surface area (Å²) in [4.78, 5) is 14.1. The average molecular weight is 285 g/mol. The molecule has 1 heterocycles. The van der Waals surface area contributed by atoms with Gasteiger partial charge in [-0.05, 0) is 36.7 Å². The fourth-order valence-electron chi connectivity index (χ4n) is 2.44. The van der Waals surface area contributed by atoms with Crippen molar-refractivity contribution in [1.29, 1.82) is 0 Å². The van der Waals surface area contributed by atoms with Gasteiger partial charge >= 0.3 is 0 Å². The number of amides is 1. The van der Waals surface area contributed by atoms with Crippen molar-refractivity contribution in [2.75, 3.05) is 20.1 Å². The van der Waals surface area contributed by atoms with Crippen molar-refractivity contribution in [3.63, 3.8) is 0 Å². The summed E-state index contributed by atoms with van der Waals surface area (Å²) in [5, 5.41) is 12.5. The van der Waals surface area contributed by atoms with Crippen LogP contribution in [0.4, 0.5) is 0 Å². The zero-order chi connectivity index (χ0) is 13.1. The number of halogens is 1. The number of aromatic hydroxyl groups is 1. The van der Waals surface area contributed by atoms with E-state index < -0.39 is 0 Å². The van der Waals surface area contributed by atoms with E-state index >= 15 is 0 Å². The Balaban J connectivity index is 0.00000180. The number of nitrogens with one attached hydrogen (secondary N) is 1. The molecule has 1 aromatic rings. The zero-order valence-electron chi connectivity index (χ0n) is 11.3. The number of benzene rings is 1. The van der Waals surface area contributed by atoms with Crippen LogP contribution in [0.3, 0.4) is 0 Å². The first-order chi connectivity index (χ1) is 8.61. The number of carbonyl (C=O) groups is 1. The number of hydrogen-bond donors (Lipinski definition) is 2. The molecule has 0 bridgehead atoms. The molecule has 0 aromatic heterocycles. The third kappa shape index (κ3) is 3.61. The SMILES string of the molecule is CNCC(C)C(=O)N1CCc2ccc(O)cc2C1.Cl. The Kier molecular flexibility index (Phi) is 5.63. The van der Waals surface area contributed by atoms with Crippen molar-refractivity contribution in [2.24, 2.45) is 5.92 Å². The lowest BCUT2D eigenvalue weighted by Crippen LogP contribution is -2.41. The number of hydrogen-bond acceptors (Lipinski definition) is 3. The molecule has 1 amide bonds. The maximum Gasteiger partial charge on any atom is 0.226 e. The first-order valence-corrected chi connectivity index (χ1v) is 6.36. The summed E-state index contributed by atoms with van der Waals surface area (Å²) in [5.41, 5.74) is 2.30. The molecule has 106 valence electrons. The Labute approximate surface area is 120 Å². The maximum absolute atomic E-state index is 12.2. The molecule has 5 heteroatoms. The minimum absolute atomic E-state index is 0. The molecule has 2 rings (SSSR count). The predicted octanol–water partition coefficient (Wildman–Crippen LogP) is 1.55. The van der Waals surface area contributed by atoms with Gasteiger partial charge < -0.3 is 15.3 Å². The van der Waals surface area contributed by atoms with Gasteiger partial charge in [-0.1, -0.05) is 13.0 Å². The Morgan fingerprint density at radius 3 is 2.89 bits per heavy atom. The lowest BCUT2D eigenvalue weighted by Gasteiger charge is -2.31. The van der Waals surface area contributed by atoms with E-state index in [0.29, 0.717) is 13.1 Å². The highest BCUT2D eigenvalue weighted by Crippen LogP contribution is 2.23. The van der Waals surface area contributed by atoms with Crippen LogP contribution in [0, 0.1) is 5.92 Å². The Hall–Kier alpha value is -1.26. The number of fused-ring (bicyclic) bond motifs is 1. The van der Waals surface area contributed by atoms with Crippen LogP contribution >= 0.6 is 12.4 Å². The molecule has 1 atom stereocenters. The van der Waals surface area contributed by atoms with E-state index in [1.165, 1.54) is 5.56 Å². The summed E-state index contributed by atoms with van der Waals surface area (Å²) in [6.07, 6.45) is 0.869. The van der Waals surface area contributed by atoms with E-state index in [9.17, 15) is 9.90 Å². The van der Waals surface area contributed by atoms with E-state index in [2.05, 4.69) is 5.32 Å². The molecule has 1 aliphatic rings. The molecule has 0 spiro atoms. The van der Waals surface area contributed by atoms with Crippen molar-refractivity contribution in [3.8, 4) is 5.75 Å². The van der Waals surface area contributed by atoms with Gasteiger partial charge in [0, 0.05) is 25.6 Å². The molecule has 1 aliphatic heterocycles. The second-order valence-corrected chi connectivity index (χ2v) is 4.92. The van der Waals surface area contributed by atoms with Gasteiger partial charge in [0.25, 0.3) is 0 Å². The summed E-state index contributed by atoms with van der Waals surface area (Å²) in [5.74, 6) is 0.443. The largest absolute Gasteiger partial charge is 0.508 e. The van der Waals surface area contributed by atoms with Gasteiger partial charge in [-0.3, -0.25) is 4.79 Å². The molecule has 0 fully saturated rings. The molecular formula is C14H21ClN2O2. The van der Waals surface area contributed by atoms with E-state index in [-0.39, 0.29) is 30.0 Å². The van der Waals surface area contributed by atoms with Crippen molar-refractivity contribution in [3.05, 3.63) is 29.3 Å². The van der Waals surface area contributed by atoms with Gasteiger partial charge in [-0.15, -0.1) is 12.4 Å². The maximum atomic E-state index is 12.2. The summed E-state index contributed by atoms with van der Waals surface area (Å²) in [6.45, 7) is 4.01. The minimum atomic E-state index is -0.00569. The second kappa shape index (κ2) is 6.78. The fourth-order valence-corrected chi connectivity index (χ4v) is 2.44. The van der Waals surface area contributed by atoms with Crippen LogP contribution in [0.5, 0.6) is 5.75 Å². The third-order valence-corrected chi connectivity index (χ3v) is 3.45. The monoisotopic (exact) mass is 284 g/mol. The number of nitrogens with zero attached hydrogens (tertiary/aromatic N) is 1. The highest BCUT2D eigenvalue weighted by Gasteiger charge is 2.24. The normalized spacial score (nSPS) is 15.4. The zero-order valence-corrected chi connectivity index (χ0v) is 12.2. The van der Waals surface area contributed by atoms with E-state index in [0.717, 1.165) is 18.5 Å². The molecule has 0 saturated heterocycles. The van der Waals surface area contributed by atoms with Crippen LogP contribution in [0.15, 0.2) is 18.2 Å². The smallest absolute Gasteiger partial charge is 0.226 e. The van der Waals surface area contributed by atoms with E-state index in [4.69, 9.17) is 0 Å². The highest BCUT2D eigenvalue weighted by molar-refractivity contribution is 5.85. The fraction of sp³-hybridized carbons (Fsp3) is 0.500. The van der Waals surface area contributed by atoms with Gasteiger partial charge in [0.1, 0.15) is 5.75 Å². The quantitative estimate of drug-likeness (QED) is 0.886. The summed E-state index contributed by atoms with van der Waals surface area (Å²) in [6, 6.07) is 5.42. The number of phenols is 1. The topological polar surface area (TPSA) is 52.6 Å². The summed E-state index contributed by atoms with van der Waals surface area (Å²) in [7, 11) is 1.85. The molecule has 4 nitrogen and oxygen atoms in total. The highest BCUT2D eigenvalue weighted by atomic mass is 35.5. The molecular weight excluding hydrogens is 264 g/mol. The van der Waals surface area contributed by atoms with Crippen molar-refractivity contribution in [1.82, 2.24) is 10.2 Å². The number of phenolic OH excluding ortho intramolecular Hbond substituents is 1. The summed E-state index contributed by atoms with van der Waals surface area (Å²) >= 11 is 0. The van der Waals surface area contributed by atoms with Crippen LogP contribution < -0.4 is 5.32 Å². The van der Waals surface area contributed by atoms with Gasteiger partial charge in [0.15, 0.2) is 0 Å². The summed E-state index contributed by atoms with van der Waals surface area (Å²) < 4.78 is 0. The molecule has 1 aromatic carbocycles. The predicted molar refractivity (Wildman–Crippen MR) is 77.6 cm³/mol. The van der Waals surface area contributed by atoms with Gasteiger partial charge in [-0.2, -0.15) is 0 Å². The lowest BCUT2D eigenvalue weighted by molar-refractivity contribution is -0.135. The molecule has 0 radical (unpaired) electrons. The molecule has 1 unspecified atom stereocenters. The van der Waals surface area contributed by atoms with Crippen molar-refractivity contribution in [2.45, 2.75) is 19.9 Å². The van der Waals surface area contributed by atoms with Crippen molar-refractivity contribution >= 4 is 18.3 Å². The first-order valence-electron chi connectivity index (χ1n) is 6.36. The number of rotatable bonds is 3. The van der Waals surface area contributed by atoms with Crippen LogP contribution in [0.1, 0.15) is 18.1 Å². The Bertz CT molecular complexity index is 451. The van der Waals surface area contributed by atoms with Gasteiger partial charge in [-0.25, -0.2) is 0 Å². The lowest BCUT2D eigenvalue weighted by atomic mass is 9.98. The van der Waals surface area contributed by atoms with E-state index in [1.54, 1.807) is 12.1 Å². The number of carbonyl (C=O) groups excluding carboxylic acids is 1. The molecule has 2 N–H and O–H groups in total. The second-order valence-electron chi connectivity index (χ2n) is 4.92.